The van der Waals surface area contributed by atoms with Crippen LogP contribution in [-0.4, -0.2) is 30.4 Å². The summed E-state index contributed by atoms with van der Waals surface area (Å²) in [7, 11) is 0. The molecular formula is C20H22F2N4O2. The van der Waals surface area contributed by atoms with Gasteiger partial charge in [-0.3, -0.25) is 9.59 Å². The van der Waals surface area contributed by atoms with Gasteiger partial charge in [0, 0.05) is 23.6 Å². The Kier molecular flexibility index (Phi) is 5.75. The largest absolute Gasteiger partial charge is 0.349 e. The van der Waals surface area contributed by atoms with Crippen LogP contribution in [0.15, 0.2) is 29.6 Å². The summed E-state index contributed by atoms with van der Waals surface area (Å²) in [4.78, 5) is 24.7. The molecule has 0 radical (unpaired) electrons. The highest BCUT2D eigenvalue weighted by Gasteiger charge is 2.41. The lowest BCUT2D eigenvalue weighted by atomic mass is 9.81. The fourth-order valence-corrected chi connectivity index (χ4v) is 3.89. The molecule has 3 N–H and O–H groups in total. The number of benzene rings is 1. The summed E-state index contributed by atoms with van der Waals surface area (Å²) in [6.07, 6.45) is 0.207. The number of nitriles is 1. The lowest BCUT2D eigenvalue weighted by Gasteiger charge is -2.40. The molecule has 2 heterocycles. The average Bonchev–Trinajstić information content (AvgIpc) is 2.64. The summed E-state index contributed by atoms with van der Waals surface area (Å²) in [6, 6.07) is 4.69. The molecule has 3 unspecified atom stereocenters. The number of piperidine rings is 1. The van der Waals surface area contributed by atoms with Crippen molar-refractivity contribution in [3.63, 3.8) is 0 Å². The van der Waals surface area contributed by atoms with E-state index in [1.807, 2.05) is 13.0 Å². The van der Waals surface area contributed by atoms with Gasteiger partial charge in [-0.2, -0.15) is 5.26 Å². The molecule has 2 aliphatic rings. The van der Waals surface area contributed by atoms with Gasteiger partial charge in [-0.15, -0.1) is 0 Å². The van der Waals surface area contributed by atoms with Gasteiger partial charge >= 0.3 is 0 Å². The number of hydrogen-bond donors (Lipinski definition) is 3. The molecule has 28 heavy (non-hydrogen) atoms. The van der Waals surface area contributed by atoms with Gasteiger partial charge in [0.25, 0.3) is 5.91 Å². The predicted molar refractivity (Wildman–Crippen MR) is 97.9 cm³/mol. The first-order valence-corrected chi connectivity index (χ1v) is 9.23. The van der Waals surface area contributed by atoms with Gasteiger partial charge < -0.3 is 16.0 Å². The molecule has 0 bridgehead atoms. The Morgan fingerprint density at radius 1 is 1.43 bits per heavy atom. The molecule has 1 aromatic carbocycles. The Balaban J connectivity index is 1.72. The first kappa shape index (κ1) is 20.0. The molecule has 1 saturated heterocycles. The fourth-order valence-electron chi connectivity index (χ4n) is 3.89. The molecule has 0 spiro atoms. The standard InChI is InChI=1S/C20H22F2N4O2/c1-10(13-4-3-12(9-23)7-15(13)21)25-17(27)8-14-19(22)18-11(2)24-6-5-16(18)26-20(14)28/h3-4,7,10-11,16,18,24H,5-6,8H2,1-2H3,(H,25,27)(H,26,28)/t10-,11?,16?,18?/m0/s1. The maximum absolute atomic E-state index is 15.0. The van der Waals surface area contributed by atoms with Crippen LogP contribution in [0, 0.1) is 23.1 Å². The van der Waals surface area contributed by atoms with E-state index in [0.29, 0.717) is 13.0 Å². The number of rotatable bonds is 4. The third kappa shape index (κ3) is 3.90. The van der Waals surface area contributed by atoms with Gasteiger partial charge in [0.1, 0.15) is 11.6 Å². The second-order valence-corrected chi connectivity index (χ2v) is 7.28. The van der Waals surface area contributed by atoms with Crippen LogP contribution < -0.4 is 16.0 Å². The number of halogens is 2. The topological polar surface area (TPSA) is 94.0 Å². The molecule has 3 rings (SSSR count). The SMILES string of the molecule is CC1NCCC2NC(=O)C(CC(=O)N[C@@H](C)c3ccc(C#N)cc3F)=C(F)C12. The van der Waals surface area contributed by atoms with E-state index in [0.717, 1.165) is 6.07 Å². The van der Waals surface area contributed by atoms with Gasteiger partial charge in [0.15, 0.2) is 0 Å². The minimum atomic E-state index is -0.696. The van der Waals surface area contributed by atoms with Crippen LogP contribution in [-0.2, 0) is 9.59 Å². The van der Waals surface area contributed by atoms with E-state index in [1.54, 1.807) is 6.92 Å². The molecular weight excluding hydrogens is 366 g/mol. The van der Waals surface area contributed by atoms with Crippen molar-refractivity contribution in [1.82, 2.24) is 16.0 Å². The number of amides is 2. The molecule has 2 amide bonds. The van der Waals surface area contributed by atoms with Crippen molar-refractivity contribution < 1.29 is 18.4 Å². The number of hydrogen-bond acceptors (Lipinski definition) is 4. The number of nitrogens with zero attached hydrogens (tertiary/aromatic N) is 1. The molecule has 1 aromatic rings. The van der Waals surface area contributed by atoms with Crippen LogP contribution in [0.2, 0.25) is 0 Å². The van der Waals surface area contributed by atoms with Crippen LogP contribution in [0.1, 0.15) is 43.9 Å². The Morgan fingerprint density at radius 2 is 2.18 bits per heavy atom. The molecule has 0 aromatic heterocycles. The third-order valence-corrected chi connectivity index (χ3v) is 5.38. The van der Waals surface area contributed by atoms with E-state index >= 15 is 0 Å². The highest BCUT2D eigenvalue weighted by atomic mass is 19.1. The van der Waals surface area contributed by atoms with Crippen LogP contribution in [0.5, 0.6) is 0 Å². The predicted octanol–water partition coefficient (Wildman–Crippen LogP) is 1.98. The summed E-state index contributed by atoms with van der Waals surface area (Å²) < 4.78 is 29.1. The lowest BCUT2D eigenvalue weighted by molar-refractivity contribution is -0.125. The highest BCUT2D eigenvalue weighted by Crippen LogP contribution is 2.33. The van der Waals surface area contributed by atoms with E-state index in [4.69, 9.17) is 5.26 Å². The minimum absolute atomic E-state index is 0.149. The van der Waals surface area contributed by atoms with Crippen LogP contribution in [0.25, 0.3) is 0 Å². The molecule has 8 heteroatoms. The smallest absolute Gasteiger partial charge is 0.250 e. The van der Waals surface area contributed by atoms with E-state index in [1.165, 1.54) is 12.1 Å². The molecule has 1 fully saturated rings. The lowest BCUT2D eigenvalue weighted by Crippen LogP contribution is -2.57. The molecule has 2 aliphatic heterocycles. The van der Waals surface area contributed by atoms with E-state index in [-0.39, 0.29) is 28.8 Å². The maximum Gasteiger partial charge on any atom is 0.250 e. The van der Waals surface area contributed by atoms with Gasteiger partial charge in [0.2, 0.25) is 5.91 Å². The van der Waals surface area contributed by atoms with E-state index in [2.05, 4.69) is 16.0 Å². The third-order valence-electron chi connectivity index (χ3n) is 5.38. The fraction of sp³-hybridized carbons (Fsp3) is 0.450. The van der Waals surface area contributed by atoms with Crippen LogP contribution in [0.4, 0.5) is 8.78 Å². The molecule has 148 valence electrons. The second kappa shape index (κ2) is 8.07. The number of carbonyl (C=O) groups is 2. The minimum Gasteiger partial charge on any atom is -0.349 e. The van der Waals surface area contributed by atoms with Crippen LogP contribution in [0.3, 0.4) is 0 Å². The first-order valence-electron chi connectivity index (χ1n) is 9.23. The Hall–Kier alpha value is -2.79. The zero-order valence-electron chi connectivity index (χ0n) is 15.7. The maximum atomic E-state index is 15.0. The van der Waals surface area contributed by atoms with Gasteiger partial charge in [-0.05, 0) is 38.9 Å². The first-order chi connectivity index (χ1) is 13.3. The van der Waals surface area contributed by atoms with Gasteiger partial charge in [0.05, 0.1) is 29.7 Å². The molecule has 6 nitrogen and oxygen atoms in total. The van der Waals surface area contributed by atoms with Crippen molar-refractivity contribution in [3.05, 3.63) is 46.5 Å². The van der Waals surface area contributed by atoms with Crippen LogP contribution >= 0.6 is 0 Å². The number of nitrogens with one attached hydrogen (secondary N) is 3. The number of carbonyl (C=O) groups excluding carboxylic acids is 2. The molecule has 0 saturated carbocycles. The normalized spacial score (nSPS) is 25.4. The molecule has 0 aliphatic carbocycles. The molecule has 4 atom stereocenters. The summed E-state index contributed by atoms with van der Waals surface area (Å²) in [5.41, 5.74) is 0.206. The van der Waals surface area contributed by atoms with Crippen molar-refractivity contribution in [2.45, 2.75) is 44.8 Å². The van der Waals surface area contributed by atoms with Crippen molar-refractivity contribution in [2.24, 2.45) is 5.92 Å². The summed E-state index contributed by atoms with van der Waals surface area (Å²) in [6.45, 7) is 4.12. The number of fused-ring (bicyclic) bond motifs is 1. The van der Waals surface area contributed by atoms with E-state index in [9.17, 15) is 18.4 Å². The quantitative estimate of drug-likeness (QED) is 0.735. The van der Waals surface area contributed by atoms with Gasteiger partial charge in [-0.25, -0.2) is 8.78 Å². The highest BCUT2D eigenvalue weighted by molar-refractivity contribution is 6.00. The van der Waals surface area contributed by atoms with Crippen molar-refractivity contribution in [2.75, 3.05) is 6.54 Å². The summed E-state index contributed by atoms with van der Waals surface area (Å²) in [5.74, 6) is -2.81. The van der Waals surface area contributed by atoms with E-state index < -0.39 is 41.8 Å². The zero-order valence-corrected chi connectivity index (χ0v) is 15.7. The summed E-state index contributed by atoms with van der Waals surface area (Å²) in [5, 5.41) is 17.4. The van der Waals surface area contributed by atoms with Crippen molar-refractivity contribution in [3.8, 4) is 6.07 Å². The van der Waals surface area contributed by atoms with Crippen molar-refractivity contribution >= 4 is 11.8 Å². The summed E-state index contributed by atoms with van der Waals surface area (Å²) >= 11 is 0. The Bertz CT molecular complexity index is 877. The zero-order chi connectivity index (χ0) is 20.4. The van der Waals surface area contributed by atoms with Crippen molar-refractivity contribution in [1.29, 1.82) is 5.26 Å². The Morgan fingerprint density at radius 3 is 2.86 bits per heavy atom. The Labute approximate surface area is 162 Å². The van der Waals surface area contributed by atoms with Gasteiger partial charge in [-0.1, -0.05) is 6.07 Å². The average molecular weight is 388 g/mol. The second-order valence-electron chi connectivity index (χ2n) is 7.28. The monoisotopic (exact) mass is 388 g/mol.